The summed E-state index contributed by atoms with van der Waals surface area (Å²) in [4.78, 5) is 4.21. The maximum absolute atomic E-state index is 12.4. The Morgan fingerprint density at radius 3 is 2.50 bits per heavy atom. The first-order valence-electron chi connectivity index (χ1n) is 6.08. The van der Waals surface area contributed by atoms with Crippen molar-refractivity contribution in [1.29, 1.82) is 0 Å². The minimum Gasteiger partial charge on any atom is -0.265 e. The number of aryl methyl sites for hydroxylation is 1. The van der Waals surface area contributed by atoms with Crippen LogP contribution in [-0.4, -0.2) is 13.4 Å². The fourth-order valence-corrected chi connectivity index (χ4v) is 3.89. The van der Waals surface area contributed by atoms with Crippen molar-refractivity contribution in [2.75, 3.05) is 0 Å². The summed E-state index contributed by atoms with van der Waals surface area (Å²) in [6.45, 7) is 3.58. The van der Waals surface area contributed by atoms with Crippen LogP contribution >= 0.6 is 15.9 Å². The number of nitrogens with zero attached hydrogens (tertiary/aromatic N) is 1. The predicted molar refractivity (Wildman–Crippen MR) is 81.9 cm³/mol. The Bertz CT molecular complexity index is 702. The quantitative estimate of drug-likeness (QED) is 0.916. The molecule has 0 amide bonds. The molecular formula is C14H15BrN2O2S. The molecule has 0 unspecified atom stereocenters. The van der Waals surface area contributed by atoms with Gasteiger partial charge in [-0.05, 0) is 49.2 Å². The van der Waals surface area contributed by atoms with Gasteiger partial charge in [-0.3, -0.25) is 4.98 Å². The van der Waals surface area contributed by atoms with E-state index in [-0.39, 0.29) is 10.9 Å². The number of halogens is 1. The molecule has 6 heteroatoms. The zero-order valence-electron chi connectivity index (χ0n) is 11.2. The van der Waals surface area contributed by atoms with Gasteiger partial charge >= 0.3 is 0 Å². The van der Waals surface area contributed by atoms with E-state index in [0.717, 1.165) is 10.0 Å². The van der Waals surface area contributed by atoms with Crippen molar-refractivity contribution in [3.05, 3.63) is 58.3 Å². The summed E-state index contributed by atoms with van der Waals surface area (Å²) in [5.74, 6) is 0. The van der Waals surface area contributed by atoms with E-state index in [9.17, 15) is 8.42 Å². The normalized spacial score (nSPS) is 13.2. The number of benzene rings is 1. The fourth-order valence-electron chi connectivity index (χ4n) is 1.88. The van der Waals surface area contributed by atoms with Crippen molar-refractivity contribution in [1.82, 2.24) is 9.71 Å². The van der Waals surface area contributed by atoms with Crippen LogP contribution < -0.4 is 4.72 Å². The highest BCUT2D eigenvalue weighted by Gasteiger charge is 2.20. The zero-order chi connectivity index (χ0) is 14.8. The van der Waals surface area contributed by atoms with Crippen LogP contribution in [0.5, 0.6) is 0 Å². The van der Waals surface area contributed by atoms with Crippen LogP contribution in [0.25, 0.3) is 0 Å². The molecule has 2 aromatic rings. The van der Waals surface area contributed by atoms with Crippen LogP contribution in [0.3, 0.4) is 0 Å². The van der Waals surface area contributed by atoms with Crippen molar-refractivity contribution in [3.63, 3.8) is 0 Å². The molecule has 0 fully saturated rings. The van der Waals surface area contributed by atoms with Crippen molar-refractivity contribution in [2.24, 2.45) is 0 Å². The molecule has 2 rings (SSSR count). The third kappa shape index (κ3) is 3.45. The first kappa shape index (κ1) is 15.2. The molecule has 0 aliphatic heterocycles. The second-order valence-electron chi connectivity index (χ2n) is 4.53. The number of nitrogens with one attached hydrogen (secondary N) is 1. The number of hydrogen-bond donors (Lipinski definition) is 1. The number of aromatic nitrogens is 1. The summed E-state index contributed by atoms with van der Waals surface area (Å²) in [7, 11) is -3.56. The van der Waals surface area contributed by atoms with E-state index in [0.29, 0.717) is 5.56 Å². The Labute approximate surface area is 127 Å². The van der Waals surface area contributed by atoms with Crippen LogP contribution in [0.4, 0.5) is 0 Å². The maximum Gasteiger partial charge on any atom is 0.241 e. The molecule has 0 saturated heterocycles. The van der Waals surface area contributed by atoms with Gasteiger partial charge in [0.2, 0.25) is 10.0 Å². The molecule has 1 heterocycles. The molecule has 0 spiro atoms. The maximum atomic E-state index is 12.4. The van der Waals surface area contributed by atoms with Crippen LogP contribution in [0.1, 0.15) is 24.1 Å². The average molecular weight is 355 g/mol. The van der Waals surface area contributed by atoms with E-state index >= 15 is 0 Å². The second-order valence-corrected chi connectivity index (χ2v) is 7.13. The van der Waals surface area contributed by atoms with Gasteiger partial charge in [-0.2, -0.15) is 0 Å². The summed E-state index contributed by atoms with van der Waals surface area (Å²) in [5.41, 5.74) is 1.58. The lowest BCUT2D eigenvalue weighted by Gasteiger charge is -2.15. The van der Waals surface area contributed by atoms with Crippen molar-refractivity contribution >= 4 is 26.0 Å². The first-order chi connectivity index (χ1) is 9.40. The Balaban J connectivity index is 2.30. The molecule has 0 bridgehead atoms. The lowest BCUT2D eigenvalue weighted by Crippen LogP contribution is -2.27. The van der Waals surface area contributed by atoms with Gasteiger partial charge in [-0.25, -0.2) is 13.1 Å². The zero-order valence-corrected chi connectivity index (χ0v) is 13.6. The lowest BCUT2D eigenvalue weighted by molar-refractivity contribution is 0.566. The Hall–Kier alpha value is -1.24. The molecule has 0 aliphatic rings. The third-order valence-electron chi connectivity index (χ3n) is 2.98. The predicted octanol–water partition coefficient (Wildman–Crippen LogP) is 3.19. The summed E-state index contributed by atoms with van der Waals surface area (Å²) in [5, 5.41) is 0. The SMILES string of the molecule is Cc1ccc(Br)cc1S(=O)(=O)N[C@H](C)c1ccncc1. The minimum atomic E-state index is -3.56. The largest absolute Gasteiger partial charge is 0.265 e. The van der Waals surface area contributed by atoms with E-state index < -0.39 is 10.0 Å². The Morgan fingerprint density at radius 2 is 1.85 bits per heavy atom. The molecule has 106 valence electrons. The number of sulfonamides is 1. The van der Waals surface area contributed by atoms with Gasteiger partial charge in [0.05, 0.1) is 4.90 Å². The summed E-state index contributed by atoms with van der Waals surface area (Å²) in [6, 6.07) is 8.47. The summed E-state index contributed by atoms with van der Waals surface area (Å²) >= 11 is 3.30. The van der Waals surface area contributed by atoms with Gasteiger partial charge in [-0.1, -0.05) is 22.0 Å². The molecular weight excluding hydrogens is 340 g/mol. The third-order valence-corrected chi connectivity index (χ3v) is 5.15. The molecule has 0 aliphatic carbocycles. The minimum absolute atomic E-state index is 0.285. The molecule has 1 aromatic carbocycles. The number of hydrogen-bond acceptors (Lipinski definition) is 3. The highest BCUT2D eigenvalue weighted by Crippen LogP contribution is 2.22. The van der Waals surface area contributed by atoms with Crippen LogP contribution in [0, 0.1) is 6.92 Å². The molecule has 1 atom stereocenters. The van der Waals surface area contributed by atoms with Crippen molar-refractivity contribution < 1.29 is 8.42 Å². The van der Waals surface area contributed by atoms with Gasteiger partial charge < -0.3 is 0 Å². The van der Waals surface area contributed by atoms with E-state index in [1.54, 1.807) is 50.5 Å². The van der Waals surface area contributed by atoms with Crippen LogP contribution in [0.2, 0.25) is 0 Å². The van der Waals surface area contributed by atoms with Crippen LogP contribution in [-0.2, 0) is 10.0 Å². The molecule has 1 N–H and O–H groups in total. The van der Waals surface area contributed by atoms with Gasteiger partial charge in [0, 0.05) is 22.9 Å². The van der Waals surface area contributed by atoms with E-state index in [2.05, 4.69) is 25.6 Å². The highest BCUT2D eigenvalue weighted by molar-refractivity contribution is 9.10. The monoisotopic (exact) mass is 354 g/mol. The van der Waals surface area contributed by atoms with Crippen LogP contribution in [0.15, 0.2) is 52.1 Å². The Kier molecular flexibility index (Phi) is 4.57. The Morgan fingerprint density at radius 1 is 1.20 bits per heavy atom. The van der Waals surface area contributed by atoms with E-state index in [1.165, 1.54) is 0 Å². The molecule has 1 aromatic heterocycles. The van der Waals surface area contributed by atoms with Gasteiger partial charge in [-0.15, -0.1) is 0 Å². The van der Waals surface area contributed by atoms with E-state index in [1.807, 2.05) is 6.07 Å². The summed E-state index contributed by atoms with van der Waals surface area (Å²) < 4.78 is 28.3. The molecule has 20 heavy (non-hydrogen) atoms. The highest BCUT2D eigenvalue weighted by atomic mass is 79.9. The van der Waals surface area contributed by atoms with Crippen molar-refractivity contribution in [2.45, 2.75) is 24.8 Å². The van der Waals surface area contributed by atoms with Gasteiger partial charge in [0.25, 0.3) is 0 Å². The molecule has 0 radical (unpaired) electrons. The molecule has 4 nitrogen and oxygen atoms in total. The molecule has 0 saturated carbocycles. The summed E-state index contributed by atoms with van der Waals surface area (Å²) in [6.07, 6.45) is 3.29. The van der Waals surface area contributed by atoms with Gasteiger partial charge in [0.1, 0.15) is 0 Å². The number of rotatable bonds is 4. The van der Waals surface area contributed by atoms with Gasteiger partial charge in [0.15, 0.2) is 0 Å². The topological polar surface area (TPSA) is 59.1 Å². The second kappa shape index (κ2) is 6.03. The fraction of sp³-hybridized carbons (Fsp3) is 0.214. The van der Waals surface area contributed by atoms with E-state index in [4.69, 9.17) is 0 Å². The number of pyridine rings is 1. The average Bonchev–Trinajstić information content (AvgIpc) is 2.42. The first-order valence-corrected chi connectivity index (χ1v) is 8.36. The lowest BCUT2D eigenvalue weighted by atomic mass is 10.1. The standard InChI is InChI=1S/C14H15BrN2O2S/c1-10-3-4-13(15)9-14(10)20(18,19)17-11(2)12-5-7-16-8-6-12/h3-9,11,17H,1-2H3/t11-/m1/s1. The smallest absolute Gasteiger partial charge is 0.241 e. The van der Waals surface area contributed by atoms with Crippen molar-refractivity contribution in [3.8, 4) is 0 Å².